The highest BCUT2D eigenvalue weighted by molar-refractivity contribution is 14.0. The minimum Gasteiger partial charge on any atom is -0.370 e. The SMILES string of the molecule is Cc1cc(C)cc(NC(N)=NCc2ccc(N3CCN(C)CC3)nc2)c1.I. The van der Waals surface area contributed by atoms with Crippen molar-refractivity contribution in [3.63, 3.8) is 0 Å². The highest BCUT2D eigenvalue weighted by Crippen LogP contribution is 2.15. The van der Waals surface area contributed by atoms with Crippen molar-refractivity contribution >= 4 is 41.4 Å². The number of piperazine rings is 1. The predicted octanol–water partition coefficient (Wildman–Crippen LogP) is 3.00. The first-order chi connectivity index (χ1) is 12.5. The van der Waals surface area contributed by atoms with Gasteiger partial charge in [0.15, 0.2) is 5.96 Å². The molecule has 0 bridgehead atoms. The van der Waals surface area contributed by atoms with Crippen LogP contribution in [0.3, 0.4) is 0 Å². The normalized spacial score (nSPS) is 15.4. The van der Waals surface area contributed by atoms with Crippen molar-refractivity contribution in [3.05, 3.63) is 53.2 Å². The van der Waals surface area contributed by atoms with E-state index in [9.17, 15) is 0 Å². The van der Waals surface area contributed by atoms with Gasteiger partial charge in [0.1, 0.15) is 5.82 Å². The van der Waals surface area contributed by atoms with Crippen LogP contribution in [0.25, 0.3) is 0 Å². The van der Waals surface area contributed by atoms with Gasteiger partial charge in [-0.25, -0.2) is 9.98 Å². The minimum atomic E-state index is 0. The van der Waals surface area contributed by atoms with Gasteiger partial charge in [0, 0.05) is 38.1 Å². The number of likely N-dealkylation sites (N-methyl/N-ethyl adjacent to an activating group) is 1. The molecule has 3 rings (SSSR count). The molecule has 0 amide bonds. The van der Waals surface area contributed by atoms with Crippen molar-refractivity contribution < 1.29 is 0 Å². The number of halogens is 1. The topological polar surface area (TPSA) is 69.8 Å². The number of aliphatic imine (C=N–C) groups is 1. The van der Waals surface area contributed by atoms with E-state index in [4.69, 9.17) is 5.73 Å². The first kappa shape index (κ1) is 21.4. The summed E-state index contributed by atoms with van der Waals surface area (Å²) in [4.78, 5) is 13.7. The quantitative estimate of drug-likeness (QED) is 0.400. The second kappa shape index (κ2) is 9.89. The summed E-state index contributed by atoms with van der Waals surface area (Å²) in [5.41, 5.74) is 10.4. The van der Waals surface area contributed by atoms with E-state index in [1.807, 2.05) is 6.20 Å². The van der Waals surface area contributed by atoms with E-state index in [0.29, 0.717) is 12.5 Å². The first-order valence-corrected chi connectivity index (χ1v) is 9.03. The van der Waals surface area contributed by atoms with Crippen molar-refractivity contribution in [2.24, 2.45) is 10.7 Å². The van der Waals surface area contributed by atoms with E-state index in [1.54, 1.807) is 0 Å². The number of anilines is 2. The van der Waals surface area contributed by atoms with Crippen LogP contribution in [0.4, 0.5) is 11.5 Å². The number of aryl methyl sites for hydroxylation is 2. The third-order valence-electron chi connectivity index (χ3n) is 4.56. The number of nitrogens with two attached hydrogens (primary N) is 1. The Hall–Kier alpha value is -1.87. The lowest BCUT2D eigenvalue weighted by atomic mass is 10.1. The average molecular weight is 480 g/mol. The van der Waals surface area contributed by atoms with E-state index in [0.717, 1.165) is 43.2 Å². The fourth-order valence-corrected chi connectivity index (χ4v) is 3.14. The maximum absolute atomic E-state index is 6.02. The van der Waals surface area contributed by atoms with E-state index in [2.05, 4.69) is 76.3 Å². The molecule has 1 aromatic heterocycles. The van der Waals surface area contributed by atoms with Crippen LogP contribution in [0.2, 0.25) is 0 Å². The van der Waals surface area contributed by atoms with Crippen LogP contribution >= 0.6 is 24.0 Å². The van der Waals surface area contributed by atoms with Crippen LogP contribution in [0.1, 0.15) is 16.7 Å². The molecule has 6 nitrogen and oxygen atoms in total. The van der Waals surface area contributed by atoms with Crippen LogP contribution in [0.5, 0.6) is 0 Å². The number of pyridine rings is 1. The third kappa shape index (κ3) is 6.35. The number of nitrogens with one attached hydrogen (secondary N) is 1. The molecule has 2 aromatic rings. The Labute approximate surface area is 178 Å². The smallest absolute Gasteiger partial charge is 0.193 e. The lowest BCUT2D eigenvalue weighted by Crippen LogP contribution is -2.44. The van der Waals surface area contributed by atoms with E-state index in [1.165, 1.54) is 11.1 Å². The molecule has 2 heterocycles. The molecule has 0 atom stereocenters. The van der Waals surface area contributed by atoms with Crippen LogP contribution in [0, 0.1) is 13.8 Å². The largest absolute Gasteiger partial charge is 0.370 e. The Morgan fingerprint density at radius 1 is 1.11 bits per heavy atom. The summed E-state index contributed by atoms with van der Waals surface area (Å²) < 4.78 is 0. The molecular formula is C20H29IN6. The zero-order valence-electron chi connectivity index (χ0n) is 16.3. The van der Waals surface area contributed by atoms with Gasteiger partial charge in [0.05, 0.1) is 6.54 Å². The molecule has 7 heteroatoms. The second-order valence-electron chi connectivity index (χ2n) is 7.02. The maximum Gasteiger partial charge on any atom is 0.193 e. The third-order valence-corrected chi connectivity index (χ3v) is 4.56. The second-order valence-corrected chi connectivity index (χ2v) is 7.02. The van der Waals surface area contributed by atoms with Crippen molar-refractivity contribution in [2.45, 2.75) is 20.4 Å². The number of hydrogen-bond donors (Lipinski definition) is 2. The Kier molecular flexibility index (Phi) is 7.85. The number of rotatable bonds is 4. The Morgan fingerprint density at radius 2 is 1.78 bits per heavy atom. The maximum atomic E-state index is 6.02. The van der Waals surface area contributed by atoms with Crippen molar-refractivity contribution in [1.29, 1.82) is 0 Å². The molecule has 1 fully saturated rings. The predicted molar refractivity (Wildman–Crippen MR) is 124 cm³/mol. The van der Waals surface area contributed by atoms with E-state index >= 15 is 0 Å². The summed E-state index contributed by atoms with van der Waals surface area (Å²) in [5.74, 6) is 1.45. The van der Waals surface area contributed by atoms with Gasteiger partial charge in [-0.05, 0) is 55.8 Å². The molecular weight excluding hydrogens is 451 g/mol. The van der Waals surface area contributed by atoms with Gasteiger partial charge in [-0.1, -0.05) is 12.1 Å². The van der Waals surface area contributed by atoms with E-state index in [-0.39, 0.29) is 24.0 Å². The lowest BCUT2D eigenvalue weighted by Gasteiger charge is -2.33. The van der Waals surface area contributed by atoms with Gasteiger partial charge < -0.3 is 20.9 Å². The fourth-order valence-electron chi connectivity index (χ4n) is 3.14. The summed E-state index contributed by atoms with van der Waals surface area (Å²) >= 11 is 0. The summed E-state index contributed by atoms with van der Waals surface area (Å²) in [6.07, 6.45) is 1.89. The highest BCUT2D eigenvalue weighted by Gasteiger charge is 2.14. The standard InChI is InChI=1S/C20H28N6.HI/c1-15-10-16(2)12-18(11-15)24-20(21)23-14-17-4-5-19(22-13-17)26-8-6-25(3)7-9-26;/h4-5,10-13H,6-9,14H2,1-3H3,(H3,21,23,24);1H. The number of hydrogen-bond acceptors (Lipinski definition) is 4. The molecule has 1 aliphatic heterocycles. The summed E-state index contributed by atoms with van der Waals surface area (Å²) in [7, 11) is 2.16. The molecule has 3 N–H and O–H groups in total. The van der Waals surface area contributed by atoms with Crippen LogP contribution < -0.4 is 16.0 Å². The zero-order chi connectivity index (χ0) is 18.5. The summed E-state index contributed by atoms with van der Waals surface area (Å²) in [6.45, 7) is 8.85. The molecule has 1 aromatic carbocycles. The highest BCUT2D eigenvalue weighted by atomic mass is 127. The van der Waals surface area contributed by atoms with Gasteiger partial charge in [-0.2, -0.15) is 0 Å². The van der Waals surface area contributed by atoms with Crippen molar-refractivity contribution in [3.8, 4) is 0 Å². The average Bonchev–Trinajstić information content (AvgIpc) is 2.60. The molecule has 27 heavy (non-hydrogen) atoms. The number of nitrogens with zero attached hydrogens (tertiary/aromatic N) is 4. The van der Waals surface area contributed by atoms with Gasteiger partial charge >= 0.3 is 0 Å². The molecule has 0 radical (unpaired) electrons. The number of guanidine groups is 1. The first-order valence-electron chi connectivity index (χ1n) is 9.03. The van der Waals surface area contributed by atoms with Crippen LogP contribution in [-0.4, -0.2) is 49.1 Å². The Morgan fingerprint density at radius 3 is 2.37 bits per heavy atom. The van der Waals surface area contributed by atoms with Gasteiger partial charge in [-0.15, -0.1) is 24.0 Å². The lowest BCUT2D eigenvalue weighted by molar-refractivity contribution is 0.312. The summed E-state index contributed by atoms with van der Waals surface area (Å²) in [5, 5.41) is 3.16. The van der Waals surface area contributed by atoms with Crippen molar-refractivity contribution in [2.75, 3.05) is 43.4 Å². The monoisotopic (exact) mass is 480 g/mol. The van der Waals surface area contributed by atoms with Crippen LogP contribution in [-0.2, 0) is 6.54 Å². The molecule has 0 spiro atoms. The molecule has 1 saturated heterocycles. The van der Waals surface area contributed by atoms with Crippen LogP contribution in [0.15, 0.2) is 41.5 Å². The molecule has 0 unspecified atom stereocenters. The molecule has 1 aliphatic rings. The van der Waals surface area contributed by atoms with Gasteiger partial charge in [0.25, 0.3) is 0 Å². The molecule has 0 saturated carbocycles. The van der Waals surface area contributed by atoms with Crippen molar-refractivity contribution in [1.82, 2.24) is 9.88 Å². The molecule has 0 aliphatic carbocycles. The van der Waals surface area contributed by atoms with Gasteiger partial charge in [0.2, 0.25) is 0 Å². The number of benzene rings is 1. The Bertz CT molecular complexity index is 746. The minimum absolute atomic E-state index is 0. The Balaban J connectivity index is 0.00000261. The molecule has 146 valence electrons. The zero-order valence-corrected chi connectivity index (χ0v) is 18.6. The van der Waals surface area contributed by atoms with E-state index < -0.39 is 0 Å². The van der Waals surface area contributed by atoms with Gasteiger partial charge in [-0.3, -0.25) is 0 Å². The number of aromatic nitrogens is 1. The summed E-state index contributed by atoms with van der Waals surface area (Å²) in [6, 6.07) is 10.4. The fraction of sp³-hybridized carbons (Fsp3) is 0.400.